The minimum absolute atomic E-state index is 0.0517. The molecule has 4 amide bonds. The Labute approximate surface area is 476 Å². The van der Waals surface area contributed by atoms with Crippen LogP contribution in [-0.4, -0.2) is 126 Å². The third-order valence-corrected chi connectivity index (χ3v) is 14.0. The number of guanidine groups is 1. The number of phenolic OH excluding ortho intramolecular Hbond substituents is 2. The molecule has 434 valence electrons. The van der Waals surface area contributed by atoms with E-state index in [1.165, 1.54) is 85.5 Å². The second-order valence-corrected chi connectivity index (χ2v) is 20.5. The number of anilines is 1. The Morgan fingerprint density at radius 2 is 1.35 bits per heavy atom. The number of ether oxygens (including phenoxy) is 3. The molecule has 0 aromatic heterocycles. The molecule has 1 spiro atoms. The fraction of sp³-hybridized carbons (Fsp3) is 0.328. The van der Waals surface area contributed by atoms with Crippen LogP contribution in [0.2, 0.25) is 0 Å². The van der Waals surface area contributed by atoms with Gasteiger partial charge in [0.1, 0.15) is 53.2 Å². The van der Waals surface area contributed by atoms with Crippen molar-refractivity contribution in [2.75, 3.05) is 32.1 Å². The lowest BCUT2D eigenvalue weighted by Crippen LogP contribution is -2.57. The molecule has 5 aromatic rings. The summed E-state index contributed by atoms with van der Waals surface area (Å²) < 4.78 is 17.4. The molecule has 0 saturated carbocycles. The number of benzene rings is 5. The molecule has 3 aliphatic heterocycles. The van der Waals surface area contributed by atoms with Gasteiger partial charge in [0.15, 0.2) is 11.6 Å². The molecule has 0 aliphatic carbocycles. The van der Waals surface area contributed by atoms with Crippen LogP contribution in [-0.2, 0) is 43.9 Å². The van der Waals surface area contributed by atoms with Crippen molar-refractivity contribution in [3.05, 3.63) is 137 Å². The minimum Gasteiger partial charge on any atom is -0.508 e. The van der Waals surface area contributed by atoms with Gasteiger partial charge in [0.05, 0.1) is 28.1 Å². The number of hydrogen-bond acceptors (Lipinski definition) is 19. The van der Waals surface area contributed by atoms with Gasteiger partial charge < -0.3 is 66.5 Å². The van der Waals surface area contributed by atoms with E-state index in [9.17, 15) is 48.6 Å². The molecular weight excluding hydrogens is 1070 g/mol. The summed E-state index contributed by atoms with van der Waals surface area (Å²) in [7, 11) is 3.85. The number of carbonyl (C=O) groups is 8. The van der Waals surface area contributed by atoms with Crippen LogP contribution in [0.1, 0.15) is 101 Å². The second kappa shape index (κ2) is 25.3. The van der Waals surface area contributed by atoms with Gasteiger partial charge in [-0.2, -0.15) is 10.2 Å². The predicted octanol–water partition coefficient (Wildman–Crippen LogP) is 4.76. The number of azo groups is 1. The van der Waals surface area contributed by atoms with E-state index in [0.29, 0.717) is 28.9 Å². The van der Waals surface area contributed by atoms with E-state index in [2.05, 4.69) is 36.7 Å². The summed E-state index contributed by atoms with van der Waals surface area (Å²) in [6.07, 6.45) is 0.905. The van der Waals surface area contributed by atoms with Crippen molar-refractivity contribution < 1.29 is 67.6 Å². The number of hydrogen-bond donors (Lipinski definition) is 8. The van der Waals surface area contributed by atoms with Gasteiger partial charge in [0.2, 0.25) is 23.6 Å². The van der Waals surface area contributed by atoms with Crippen LogP contribution in [0.4, 0.5) is 17.1 Å². The van der Waals surface area contributed by atoms with Crippen molar-refractivity contribution in [1.29, 1.82) is 0 Å². The molecule has 5 aromatic carbocycles. The monoisotopic (exact) mass is 1140 g/mol. The summed E-state index contributed by atoms with van der Waals surface area (Å²) in [5.74, 6) is -7.54. The van der Waals surface area contributed by atoms with E-state index in [1.807, 2.05) is 43.3 Å². The Kier molecular flexibility index (Phi) is 18.0. The molecule has 0 radical (unpaired) electrons. The molecular formula is C58H63N11O14. The van der Waals surface area contributed by atoms with E-state index >= 15 is 0 Å². The SMILES string of the molecule is CC(C)[C@H](NC(=O)[C@@H]1CCCN1C(=O)[C@H](C)NC(=O)[C@H](C)NC(=O)[C@H](CCCN=C(N)N)NOC(=O)c1ccc(N=Nc2ccc(N(C)C)cc2)cc1)C(=O)OC(=O)c1ccc2c(c1)C1(OC2=O)c2ccc(O)cc2Oc2cc(O)ccc21. The lowest BCUT2D eigenvalue weighted by atomic mass is 9.77. The van der Waals surface area contributed by atoms with Gasteiger partial charge in [-0.25, -0.2) is 19.2 Å². The second-order valence-electron chi connectivity index (χ2n) is 20.5. The Morgan fingerprint density at radius 3 is 1.95 bits per heavy atom. The Balaban J connectivity index is 0.860. The number of nitrogens with zero attached hydrogens (tertiary/aromatic N) is 5. The van der Waals surface area contributed by atoms with Crippen molar-refractivity contribution in [2.45, 2.75) is 89.2 Å². The number of phenols is 2. The first-order valence-corrected chi connectivity index (χ1v) is 26.6. The van der Waals surface area contributed by atoms with Crippen molar-refractivity contribution in [3.8, 4) is 23.0 Å². The van der Waals surface area contributed by atoms with Crippen molar-refractivity contribution >= 4 is 70.5 Å². The highest BCUT2D eigenvalue weighted by molar-refractivity contribution is 6.03. The molecule has 3 heterocycles. The summed E-state index contributed by atoms with van der Waals surface area (Å²) >= 11 is 0. The number of amides is 4. The van der Waals surface area contributed by atoms with Gasteiger partial charge in [0.25, 0.3) is 0 Å². The van der Waals surface area contributed by atoms with Gasteiger partial charge >= 0.3 is 23.9 Å². The van der Waals surface area contributed by atoms with Crippen LogP contribution >= 0.6 is 0 Å². The first kappa shape index (κ1) is 59.2. The largest absolute Gasteiger partial charge is 0.508 e. The molecule has 25 nitrogen and oxygen atoms in total. The van der Waals surface area contributed by atoms with Crippen molar-refractivity contribution in [3.63, 3.8) is 0 Å². The summed E-state index contributed by atoms with van der Waals surface area (Å²) in [6, 6.07) is 19.8. The van der Waals surface area contributed by atoms with E-state index in [-0.39, 0.29) is 83.6 Å². The number of nitrogens with one attached hydrogen (secondary N) is 4. The predicted molar refractivity (Wildman–Crippen MR) is 299 cm³/mol. The number of fused-ring (bicyclic) bond motifs is 6. The first-order chi connectivity index (χ1) is 39.5. The van der Waals surface area contributed by atoms with Crippen molar-refractivity contribution in [1.82, 2.24) is 26.3 Å². The molecule has 8 rings (SSSR count). The smallest absolute Gasteiger partial charge is 0.356 e. The Hall–Kier alpha value is -9.91. The fourth-order valence-electron chi connectivity index (χ4n) is 9.65. The van der Waals surface area contributed by atoms with Crippen LogP contribution in [0.5, 0.6) is 23.0 Å². The summed E-state index contributed by atoms with van der Waals surface area (Å²) in [5.41, 5.74) is 14.6. The Morgan fingerprint density at radius 1 is 0.747 bits per heavy atom. The number of esters is 3. The van der Waals surface area contributed by atoms with Crippen LogP contribution in [0.3, 0.4) is 0 Å². The third kappa shape index (κ3) is 13.3. The zero-order valence-corrected chi connectivity index (χ0v) is 46.2. The standard InChI is InChI=1S/C58H63N11O14/c1-30(2)48(56(79)81-53(76)34-13-22-40-43(27-34)58(82-55(40)78)41-23-20-38(70)28-46(41)80-47-29-39(71)21-24-42(47)58)64-51(74)45-10-8-26-69(45)52(75)32(4)63-49(72)31(3)62-50(73)44(9-7-25-61-57(59)60)67-83-54(77)33-11-14-35(15-12-33)65-66-36-16-18-37(19-17-36)68(5)6/h11-24,27-32,44-45,48,67,70-71H,7-10,25-26H2,1-6H3,(H,62,73)(H,63,72)(H,64,74)(H4,59,60,61)/t31-,32-,44-,45-,48-/m0/s1. The molecule has 10 N–H and O–H groups in total. The minimum atomic E-state index is -1.71. The number of aromatic hydroxyl groups is 2. The summed E-state index contributed by atoms with van der Waals surface area (Å²) in [4.78, 5) is 122. The maximum absolute atomic E-state index is 14.0. The number of aliphatic imine (C=N–C) groups is 1. The molecule has 1 saturated heterocycles. The highest BCUT2D eigenvalue weighted by atomic mass is 16.7. The zero-order valence-electron chi connectivity index (χ0n) is 46.2. The van der Waals surface area contributed by atoms with Crippen LogP contribution in [0, 0.1) is 5.92 Å². The number of carbonyl (C=O) groups excluding carboxylic acids is 8. The van der Waals surface area contributed by atoms with Crippen molar-refractivity contribution in [2.24, 2.45) is 32.6 Å². The molecule has 3 aliphatic rings. The zero-order chi connectivity index (χ0) is 59.9. The van der Waals surface area contributed by atoms with Gasteiger partial charge in [-0.05, 0) is 136 Å². The third-order valence-electron chi connectivity index (χ3n) is 14.0. The fourth-order valence-corrected chi connectivity index (χ4v) is 9.65. The topological polar surface area (TPSA) is 358 Å². The molecule has 0 bridgehead atoms. The van der Waals surface area contributed by atoms with Gasteiger partial charge in [-0.3, -0.25) is 24.2 Å². The van der Waals surface area contributed by atoms with Gasteiger partial charge in [0, 0.05) is 61.7 Å². The average Bonchev–Trinajstić information content (AvgIpc) is 2.32. The number of rotatable bonds is 20. The first-order valence-electron chi connectivity index (χ1n) is 26.6. The lowest BCUT2D eigenvalue weighted by molar-refractivity contribution is -0.146. The highest BCUT2D eigenvalue weighted by Gasteiger charge is 2.54. The quantitative estimate of drug-likeness (QED) is 0.00761. The number of nitrogens with two attached hydrogens (primary N) is 2. The molecule has 5 atom stereocenters. The number of likely N-dealkylation sites (tertiary alicyclic amines) is 1. The molecule has 0 unspecified atom stereocenters. The average molecular weight is 1140 g/mol. The molecule has 1 fully saturated rings. The summed E-state index contributed by atoms with van der Waals surface area (Å²) in [5, 5.41) is 36.8. The van der Waals surface area contributed by atoms with Crippen LogP contribution < -0.4 is 42.5 Å². The molecule has 25 heteroatoms. The maximum atomic E-state index is 14.0. The lowest BCUT2D eigenvalue weighted by Gasteiger charge is -2.36. The van der Waals surface area contributed by atoms with E-state index in [1.54, 1.807) is 26.0 Å². The highest BCUT2D eigenvalue weighted by Crippen LogP contribution is 2.57. The van der Waals surface area contributed by atoms with Crippen LogP contribution in [0.15, 0.2) is 118 Å². The summed E-state index contributed by atoms with van der Waals surface area (Å²) in [6.45, 7) is 6.28. The normalized spacial score (nSPS) is 16.0. The van der Waals surface area contributed by atoms with E-state index in [4.69, 9.17) is 30.5 Å². The maximum Gasteiger partial charge on any atom is 0.356 e. The van der Waals surface area contributed by atoms with E-state index < -0.39 is 89.2 Å². The van der Waals surface area contributed by atoms with E-state index in [0.717, 1.165) is 5.69 Å². The number of hydroxylamine groups is 1. The van der Waals surface area contributed by atoms with Gasteiger partial charge in [-0.1, -0.05) is 13.8 Å². The van der Waals surface area contributed by atoms with Crippen LogP contribution in [0.25, 0.3) is 0 Å². The van der Waals surface area contributed by atoms with Gasteiger partial charge in [-0.15, -0.1) is 5.48 Å². The molecule has 83 heavy (non-hydrogen) atoms. The Bertz CT molecular complexity index is 3350.